The third kappa shape index (κ3) is 8.40. The van der Waals surface area contributed by atoms with Crippen molar-refractivity contribution in [3.05, 3.63) is 35.9 Å². The molecule has 1 aromatic carbocycles. The number of hydrogen-bond donors (Lipinski definition) is 2. The van der Waals surface area contributed by atoms with Crippen molar-refractivity contribution in [2.45, 2.75) is 51.0 Å². The summed E-state index contributed by atoms with van der Waals surface area (Å²) in [6.07, 6.45) is -0.111. The van der Waals surface area contributed by atoms with E-state index >= 15 is 0 Å². The highest BCUT2D eigenvalue weighted by atomic mass is 16.5. The van der Waals surface area contributed by atoms with Crippen molar-refractivity contribution >= 4 is 5.91 Å². The van der Waals surface area contributed by atoms with Crippen molar-refractivity contribution in [3.63, 3.8) is 0 Å². The molecule has 0 saturated carbocycles. The van der Waals surface area contributed by atoms with Gasteiger partial charge in [0.1, 0.15) is 18.3 Å². The second-order valence-electron chi connectivity index (χ2n) is 7.69. The minimum absolute atomic E-state index is 0.0504. The van der Waals surface area contributed by atoms with E-state index in [1.54, 1.807) is 4.90 Å². The molecule has 29 heavy (non-hydrogen) atoms. The van der Waals surface area contributed by atoms with Gasteiger partial charge in [-0.2, -0.15) is 0 Å². The van der Waals surface area contributed by atoms with Gasteiger partial charge in [-0.05, 0) is 31.4 Å². The van der Waals surface area contributed by atoms with Gasteiger partial charge in [-0.3, -0.25) is 9.69 Å². The predicted octanol–water partition coefficient (Wildman–Crippen LogP) is 1.27. The van der Waals surface area contributed by atoms with E-state index in [-0.39, 0.29) is 19.1 Å². The number of carbonyl (C=O) groups is 1. The van der Waals surface area contributed by atoms with Crippen LogP contribution in [0.3, 0.4) is 0 Å². The van der Waals surface area contributed by atoms with Crippen LogP contribution < -0.4 is 0 Å². The Kier molecular flexibility index (Phi) is 10.6. The zero-order chi connectivity index (χ0) is 21.1. The molecule has 7 heteroatoms. The van der Waals surface area contributed by atoms with E-state index in [0.29, 0.717) is 13.2 Å². The average Bonchev–Trinajstić information content (AvgIpc) is 2.72. The first-order chi connectivity index (χ1) is 14.0. The van der Waals surface area contributed by atoms with E-state index in [0.717, 1.165) is 38.9 Å². The molecule has 2 N–H and O–H groups in total. The second-order valence-corrected chi connectivity index (χ2v) is 7.69. The highest BCUT2D eigenvalue weighted by Gasteiger charge is 2.29. The maximum Gasteiger partial charge on any atom is 0.219 e. The SMILES string of the molecule is CO[C@H]1CN(C(C)=O)CCCN(Cc2ccccc2)CCCCOC[C@H](O)[C@@H]1O. The van der Waals surface area contributed by atoms with Crippen LogP contribution in [0.5, 0.6) is 0 Å². The van der Waals surface area contributed by atoms with Gasteiger partial charge < -0.3 is 24.6 Å². The number of aliphatic hydroxyl groups is 2. The van der Waals surface area contributed by atoms with Gasteiger partial charge in [0.15, 0.2) is 0 Å². The monoisotopic (exact) mass is 408 g/mol. The van der Waals surface area contributed by atoms with Crippen molar-refractivity contribution in [2.75, 3.05) is 46.5 Å². The van der Waals surface area contributed by atoms with Crippen LogP contribution in [0.1, 0.15) is 31.7 Å². The highest BCUT2D eigenvalue weighted by Crippen LogP contribution is 2.11. The number of ether oxygens (including phenoxy) is 2. The zero-order valence-corrected chi connectivity index (χ0v) is 17.7. The molecule has 2 rings (SSSR count). The fraction of sp³-hybridized carbons (Fsp3) is 0.682. The Hall–Kier alpha value is -1.51. The molecule has 1 saturated heterocycles. The third-order valence-corrected chi connectivity index (χ3v) is 5.38. The van der Waals surface area contributed by atoms with Gasteiger partial charge in [0.2, 0.25) is 5.91 Å². The Morgan fingerprint density at radius 2 is 1.86 bits per heavy atom. The minimum Gasteiger partial charge on any atom is -0.388 e. The lowest BCUT2D eigenvalue weighted by molar-refractivity contribution is -0.136. The normalized spacial score (nSPS) is 26.5. The van der Waals surface area contributed by atoms with Crippen LogP contribution in [-0.4, -0.2) is 90.7 Å². The van der Waals surface area contributed by atoms with Crippen LogP contribution in [0.4, 0.5) is 0 Å². The maximum absolute atomic E-state index is 12.1. The number of benzene rings is 1. The third-order valence-electron chi connectivity index (χ3n) is 5.38. The Morgan fingerprint density at radius 3 is 2.55 bits per heavy atom. The molecule has 0 aliphatic carbocycles. The molecule has 0 aromatic heterocycles. The molecule has 1 heterocycles. The van der Waals surface area contributed by atoms with Crippen molar-refractivity contribution in [3.8, 4) is 0 Å². The molecule has 1 amide bonds. The number of amides is 1. The van der Waals surface area contributed by atoms with Gasteiger partial charge in [-0.25, -0.2) is 0 Å². The number of methoxy groups -OCH3 is 1. The molecule has 0 spiro atoms. The first-order valence-corrected chi connectivity index (χ1v) is 10.5. The van der Waals surface area contributed by atoms with Gasteiger partial charge in [-0.1, -0.05) is 30.3 Å². The van der Waals surface area contributed by atoms with Crippen LogP contribution in [0.25, 0.3) is 0 Å². The number of hydrogen-bond acceptors (Lipinski definition) is 6. The van der Waals surface area contributed by atoms with E-state index in [1.807, 2.05) is 6.07 Å². The molecule has 0 radical (unpaired) electrons. The summed E-state index contributed by atoms with van der Waals surface area (Å²) < 4.78 is 10.9. The molecule has 0 bridgehead atoms. The molecular weight excluding hydrogens is 372 g/mol. The summed E-state index contributed by atoms with van der Waals surface area (Å²) >= 11 is 0. The molecule has 1 aliphatic rings. The quantitative estimate of drug-likeness (QED) is 0.784. The first-order valence-electron chi connectivity index (χ1n) is 10.5. The lowest BCUT2D eigenvalue weighted by Gasteiger charge is -2.31. The summed E-state index contributed by atoms with van der Waals surface area (Å²) in [6, 6.07) is 10.4. The lowest BCUT2D eigenvalue weighted by atomic mass is 10.1. The summed E-state index contributed by atoms with van der Waals surface area (Å²) in [6.45, 7) is 5.64. The van der Waals surface area contributed by atoms with Gasteiger partial charge in [0.25, 0.3) is 0 Å². The number of carbonyl (C=O) groups excluding carboxylic acids is 1. The molecule has 1 aromatic rings. The Labute approximate surface area is 174 Å². The number of aliphatic hydroxyl groups excluding tert-OH is 2. The lowest BCUT2D eigenvalue weighted by Crippen LogP contribution is -2.48. The topological polar surface area (TPSA) is 82.5 Å². The van der Waals surface area contributed by atoms with Crippen LogP contribution in [-0.2, 0) is 20.8 Å². The van der Waals surface area contributed by atoms with E-state index in [2.05, 4.69) is 29.2 Å². The maximum atomic E-state index is 12.1. The van der Waals surface area contributed by atoms with Crippen molar-refractivity contribution in [1.82, 2.24) is 9.80 Å². The summed E-state index contributed by atoms with van der Waals surface area (Å²) in [5, 5.41) is 20.6. The number of rotatable bonds is 3. The zero-order valence-electron chi connectivity index (χ0n) is 17.7. The summed E-state index contributed by atoms with van der Waals surface area (Å²) in [5.41, 5.74) is 1.27. The Bertz CT molecular complexity index is 586. The fourth-order valence-corrected chi connectivity index (χ4v) is 3.60. The number of nitrogens with zero attached hydrogens (tertiary/aromatic N) is 2. The van der Waals surface area contributed by atoms with Gasteiger partial charge in [0, 0.05) is 46.8 Å². The van der Waals surface area contributed by atoms with E-state index < -0.39 is 18.3 Å². The molecular formula is C22H36N2O5. The minimum atomic E-state index is -1.11. The van der Waals surface area contributed by atoms with Crippen molar-refractivity contribution in [1.29, 1.82) is 0 Å². The van der Waals surface area contributed by atoms with Crippen molar-refractivity contribution in [2.24, 2.45) is 0 Å². The largest absolute Gasteiger partial charge is 0.388 e. The molecule has 1 aliphatic heterocycles. The van der Waals surface area contributed by atoms with Gasteiger partial charge >= 0.3 is 0 Å². The van der Waals surface area contributed by atoms with Crippen LogP contribution in [0.15, 0.2) is 30.3 Å². The van der Waals surface area contributed by atoms with Crippen LogP contribution >= 0.6 is 0 Å². The molecule has 7 nitrogen and oxygen atoms in total. The molecule has 3 atom stereocenters. The highest BCUT2D eigenvalue weighted by molar-refractivity contribution is 5.73. The van der Waals surface area contributed by atoms with E-state index in [4.69, 9.17) is 9.47 Å². The van der Waals surface area contributed by atoms with Gasteiger partial charge in [-0.15, -0.1) is 0 Å². The van der Waals surface area contributed by atoms with E-state index in [1.165, 1.54) is 19.6 Å². The molecule has 0 unspecified atom stereocenters. The summed E-state index contributed by atoms with van der Waals surface area (Å²) in [4.78, 5) is 16.2. The summed E-state index contributed by atoms with van der Waals surface area (Å²) in [7, 11) is 1.48. The Balaban J connectivity index is 2.04. The molecule has 164 valence electrons. The Morgan fingerprint density at radius 1 is 1.14 bits per heavy atom. The van der Waals surface area contributed by atoms with Crippen LogP contribution in [0.2, 0.25) is 0 Å². The predicted molar refractivity (Wildman–Crippen MR) is 111 cm³/mol. The smallest absolute Gasteiger partial charge is 0.219 e. The van der Waals surface area contributed by atoms with Gasteiger partial charge in [0.05, 0.1) is 6.61 Å². The standard InChI is InChI=1S/C22H36N2O5/c1-18(25)24-13-8-12-23(15-19-9-4-3-5-10-19)11-6-7-14-29-17-20(26)22(27)21(16-24)28-2/h3-5,9-10,20-22,26-27H,6-8,11-17H2,1-2H3/t20-,21-,22-/m0/s1. The summed E-state index contributed by atoms with van der Waals surface area (Å²) in [5.74, 6) is -0.0658. The second kappa shape index (κ2) is 12.9. The van der Waals surface area contributed by atoms with Crippen molar-refractivity contribution < 1.29 is 24.5 Å². The van der Waals surface area contributed by atoms with E-state index in [9.17, 15) is 15.0 Å². The first kappa shape index (κ1) is 23.8. The molecule has 1 fully saturated rings. The fourth-order valence-electron chi connectivity index (χ4n) is 3.60. The average molecular weight is 409 g/mol. The van der Waals surface area contributed by atoms with Crippen LogP contribution in [0, 0.1) is 0 Å².